The predicted molar refractivity (Wildman–Crippen MR) is 115 cm³/mol. The van der Waals surface area contributed by atoms with Gasteiger partial charge >= 0.3 is 6.18 Å². The third-order valence-corrected chi connectivity index (χ3v) is 6.22. The first kappa shape index (κ1) is 24.4. The summed E-state index contributed by atoms with van der Waals surface area (Å²) in [6.45, 7) is 10.9. The van der Waals surface area contributed by atoms with Crippen LogP contribution in [0.2, 0.25) is 0 Å². The van der Waals surface area contributed by atoms with Gasteiger partial charge in [0.2, 0.25) is 5.95 Å². The van der Waals surface area contributed by atoms with Crippen LogP contribution in [0.15, 0.2) is 42.2 Å². The van der Waals surface area contributed by atoms with E-state index in [-0.39, 0.29) is 40.7 Å². The zero-order chi connectivity index (χ0) is 23.4. The highest BCUT2D eigenvalue weighted by Crippen LogP contribution is 2.52. The molecule has 1 fully saturated rings. The fraction of sp³-hybridized carbons (Fsp3) is 0.500. The van der Waals surface area contributed by atoms with Crippen LogP contribution in [-0.4, -0.2) is 41.4 Å². The van der Waals surface area contributed by atoms with Crippen molar-refractivity contribution >= 4 is 11.8 Å². The number of alkyl halides is 3. The van der Waals surface area contributed by atoms with Crippen molar-refractivity contribution in [2.75, 3.05) is 24.3 Å². The molecule has 6 nitrogen and oxygen atoms in total. The standard InChI is InChI=1S/C22H28F3N5O/c1-7-9-16(22(23,24)25)14(8-2)12-27-19-28-13-15(11-26)18(30-19)29-17-10-21(5,31-6)20(17,3)4/h7-9,13,17H,1,10,12H2,2-6H3,(H2,27,28,29,30)/b14-8-,16-9+. The highest BCUT2D eigenvalue weighted by atomic mass is 19.4. The summed E-state index contributed by atoms with van der Waals surface area (Å²) in [7, 11) is 1.67. The fourth-order valence-corrected chi connectivity index (χ4v) is 3.58. The molecule has 0 amide bonds. The highest BCUT2D eigenvalue weighted by molar-refractivity contribution is 5.55. The summed E-state index contributed by atoms with van der Waals surface area (Å²) < 4.78 is 45.6. The number of rotatable bonds is 8. The van der Waals surface area contributed by atoms with E-state index in [9.17, 15) is 18.4 Å². The lowest BCUT2D eigenvalue weighted by Crippen LogP contribution is -2.65. The lowest BCUT2D eigenvalue weighted by molar-refractivity contribution is -0.166. The number of aromatic nitrogens is 2. The van der Waals surface area contributed by atoms with E-state index in [4.69, 9.17) is 4.74 Å². The molecule has 2 atom stereocenters. The van der Waals surface area contributed by atoms with Crippen LogP contribution < -0.4 is 10.6 Å². The molecule has 1 aromatic rings. The Hall–Kier alpha value is -2.86. The molecule has 0 bridgehead atoms. The lowest BCUT2D eigenvalue weighted by atomic mass is 9.56. The van der Waals surface area contributed by atoms with Crippen molar-refractivity contribution in [3.63, 3.8) is 0 Å². The van der Waals surface area contributed by atoms with Gasteiger partial charge in [0.1, 0.15) is 17.5 Å². The summed E-state index contributed by atoms with van der Waals surface area (Å²) in [5.74, 6) is 0.448. The number of methoxy groups -OCH3 is 1. The van der Waals surface area contributed by atoms with Gasteiger partial charge in [-0.1, -0.05) is 38.7 Å². The monoisotopic (exact) mass is 435 g/mol. The number of hydrogen-bond acceptors (Lipinski definition) is 6. The number of allylic oxidation sites excluding steroid dienone is 3. The van der Waals surface area contributed by atoms with Gasteiger partial charge in [-0.3, -0.25) is 0 Å². The summed E-state index contributed by atoms with van der Waals surface area (Å²) in [6.07, 6.45) is 0.952. The van der Waals surface area contributed by atoms with Crippen LogP contribution in [0.3, 0.4) is 0 Å². The first-order valence-corrected chi connectivity index (χ1v) is 9.81. The maximum absolute atomic E-state index is 13.3. The van der Waals surface area contributed by atoms with Crippen molar-refractivity contribution in [3.05, 3.63) is 47.7 Å². The Kier molecular flexibility index (Phi) is 7.17. The maximum Gasteiger partial charge on any atom is 0.416 e. The van der Waals surface area contributed by atoms with Crippen LogP contribution in [-0.2, 0) is 4.74 Å². The Morgan fingerprint density at radius 3 is 2.58 bits per heavy atom. The predicted octanol–water partition coefficient (Wildman–Crippen LogP) is 5.00. The summed E-state index contributed by atoms with van der Waals surface area (Å²) in [6, 6.07) is 2.05. The van der Waals surface area contributed by atoms with Crippen LogP contribution in [0.4, 0.5) is 24.9 Å². The summed E-state index contributed by atoms with van der Waals surface area (Å²) >= 11 is 0. The Bertz CT molecular complexity index is 930. The Morgan fingerprint density at radius 2 is 2.10 bits per heavy atom. The molecule has 1 heterocycles. The van der Waals surface area contributed by atoms with E-state index in [0.29, 0.717) is 5.82 Å². The first-order valence-electron chi connectivity index (χ1n) is 9.81. The van der Waals surface area contributed by atoms with E-state index in [2.05, 4.69) is 41.0 Å². The number of anilines is 2. The number of ether oxygens (including phenoxy) is 1. The fourth-order valence-electron chi connectivity index (χ4n) is 3.58. The average molecular weight is 435 g/mol. The average Bonchev–Trinajstić information content (AvgIpc) is 2.72. The molecule has 2 unspecified atom stereocenters. The van der Waals surface area contributed by atoms with Crippen LogP contribution in [0.25, 0.3) is 0 Å². The maximum atomic E-state index is 13.3. The van der Waals surface area contributed by atoms with Gasteiger partial charge in [0.05, 0.1) is 17.4 Å². The number of hydrogen-bond donors (Lipinski definition) is 2. The minimum Gasteiger partial charge on any atom is -0.378 e. The second-order valence-electron chi connectivity index (χ2n) is 8.11. The molecular weight excluding hydrogens is 407 g/mol. The van der Waals surface area contributed by atoms with Crippen molar-refractivity contribution in [3.8, 4) is 6.07 Å². The van der Waals surface area contributed by atoms with Crippen LogP contribution in [0.5, 0.6) is 0 Å². The first-order chi connectivity index (χ1) is 14.4. The third kappa shape index (κ3) is 4.90. The minimum absolute atomic E-state index is 0.00533. The topological polar surface area (TPSA) is 82.9 Å². The molecule has 1 aromatic heterocycles. The minimum atomic E-state index is -4.51. The zero-order valence-electron chi connectivity index (χ0n) is 18.4. The number of nitrogens with zero attached hydrogens (tertiary/aromatic N) is 3. The van der Waals surface area contributed by atoms with E-state index in [1.165, 1.54) is 19.2 Å². The molecule has 0 aliphatic heterocycles. The van der Waals surface area contributed by atoms with E-state index >= 15 is 0 Å². The SMILES string of the molecule is C=C/C=C(\C(=C/C)CNc1ncc(C#N)c(NC2CC(C)(OC)C2(C)C)n1)C(F)(F)F. The molecular formula is C22H28F3N5O. The largest absolute Gasteiger partial charge is 0.416 e. The molecule has 168 valence electrons. The normalized spacial score (nSPS) is 23.5. The van der Waals surface area contributed by atoms with E-state index in [1.807, 2.05) is 13.0 Å². The van der Waals surface area contributed by atoms with Crippen LogP contribution in [0, 0.1) is 16.7 Å². The Morgan fingerprint density at radius 1 is 1.42 bits per heavy atom. The van der Waals surface area contributed by atoms with Crippen molar-refractivity contribution in [1.82, 2.24) is 9.97 Å². The van der Waals surface area contributed by atoms with Gasteiger partial charge in [0, 0.05) is 25.1 Å². The van der Waals surface area contributed by atoms with Gasteiger partial charge in [-0.05, 0) is 25.8 Å². The molecule has 31 heavy (non-hydrogen) atoms. The van der Waals surface area contributed by atoms with E-state index in [0.717, 1.165) is 18.6 Å². The molecule has 1 aliphatic rings. The number of nitrogens with one attached hydrogen (secondary N) is 2. The zero-order valence-corrected chi connectivity index (χ0v) is 18.4. The van der Waals surface area contributed by atoms with Crippen molar-refractivity contribution in [2.45, 2.75) is 51.9 Å². The van der Waals surface area contributed by atoms with Gasteiger partial charge in [0.25, 0.3) is 0 Å². The second-order valence-corrected chi connectivity index (χ2v) is 8.11. The number of nitriles is 1. The molecule has 0 saturated heterocycles. The summed E-state index contributed by atoms with van der Waals surface area (Å²) in [4.78, 5) is 8.39. The van der Waals surface area contributed by atoms with Crippen molar-refractivity contribution in [2.24, 2.45) is 5.41 Å². The third-order valence-electron chi connectivity index (χ3n) is 6.22. The lowest BCUT2D eigenvalue weighted by Gasteiger charge is -2.59. The van der Waals surface area contributed by atoms with Gasteiger partial charge in [-0.2, -0.15) is 23.4 Å². The number of halogens is 3. The van der Waals surface area contributed by atoms with Crippen molar-refractivity contribution in [1.29, 1.82) is 5.26 Å². The quantitative estimate of drug-likeness (QED) is 0.560. The Balaban J connectivity index is 2.21. The molecule has 2 rings (SSSR count). The molecule has 0 radical (unpaired) electrons. The van der Waals surface area contributed by atoms with Crippen LogP contribution in [0.1, 0.15) is 39.7 Å². The molecule has 0 spiro atoms. The molecule has 1 saturated carbocycles. The van der Waals surface area contributed by atoms with Crippen LogP contribution >= 0.6 is 0 Å². The van der Waals surface area contributed by atoms with E-state index in [1.54, 1.807) is 7.11 Å². The smallest absolute Gasteiger partial charge is 0.378 e. The summed E-state index contributed by atoms with van der Waals surface area (Å²) in [5, 5.41) is 15.5. The van der Waals surface area contributed by atoms with E-state index < -0.39 is 11.7 Å². The molecule has 1 aliphatic carbocycles. The van der Waals surface area contributed by atoms with Crippen molar-refractivity contribution < 1.29 is 17.9 Å². The molecule has 0 aromatic carbocycles. The highest BCUT2D eigenvalue weighted by Gasteiger charge is 2.58. The van der Waals surface area contributed by atoms with Gasteiger partial charge in [0.15, 0.2) is 0 Å². The summed E-state index contributed by atoms with van der Waals surface area (Å²) in [5.41, 5.74) is -1.04. The second kappa shape index (κ2) is 9.10. The van der Waals surface area contributed by atoms with Gasteiger partial charge in [-0.15, -0.1) is 0 Å². The van der Waals surface area contributed by atoms with Gasteiger partial charge < -0.3 is 15.4 Å². The molecule has 2 N–H and O–H groups in total. The Labute approximate surface area is 180 Å². The van der Waals surface area contributed by atoms with Gasteiger partial charge in [-0.25, -0.2) is 4.98 Å². The molecule has 9 heteroatoms.